The molecule has 6 heteroatoms. The molecule has 212 valence electrons. The maximum absolute atomic E-state index is 6.79. The van der Waals surface area contributed by atoms with Gasteiger partial charge >= 0.3 is 0 Å². The molecule has 2 aromatic heterocycles. The molecule has 4 aliphatic heterocycles. The van der Waals surface area contributed by atoms with E-state index >= 15 is 0 Å². The van der Waals surface area contributed by atoms with Crippen molar-refractivity contribution < 1.29 is 14.0 Å². The Morgan fingerprint density at radius 3 is 2.13 bits per heavy atom. The highest BCUT2D eigenvalue weighted by atomic mass is 32.2. The van der Waals surface area contributed by atoms with Crippen molar-refractivity contribution >= 4 is 44.4 Å². The van der Waals surface area contributed by atoms with E-state index < -0.39 is 5.54 Å². The zero-order chi connectivity index (χ0) is 29.4. The van der Waals surface area contributed by atoms with Crippen LogP contribution < -0.4 is 14.3 Å². The Morgan fingerprint density at radius 1 is 0.644 bits per heavy atom. The van der Waals surface area contributed by atoms with Crippen LogP contribution in [0.1, 0.15) is 16.7 Å². The monoisotopic (exact) mass is 598 g/mol. The molecule has 0 saturated carbocycles. The number of rotatable bonds is 2. The van der Waals surface area contributed by atoms with Crippen LogP contribution in [0.3, 0.4) is 0 Å². The summed E-state index contributed by atoms with van der Waals surface area (Å²) < 4.78 is 14.2. The number of hydrogen-bond donors (Lipinski definition) is 0. The van der Waals surface area contributed by atoms with Crippen LogP contribution in [0.5, 0.6) is 11.5 Å². The van der Waals surface area contributed by atoms with Gasteiger partial charge in [-0.3, -0.25) is 0 Å². The molecule has 0 saturated heterocycles. The smallest absolute Gasteiger partial charge is 0.296 e. The Labute approximate surface area is 263 Å². The van der Waals surface area contributed by atoms with Crippen molar-refractivity contribution in [3.8, 4) is 28.3 Å². The van der Waals surface area contributed by atoms with Crippen molar-refractivity contribution in [2.24, 2.45) is 0 Å². The molecule has 2 unspecified atom stereocenters. The third-order valence-corrected chi connectivity index (χ3v) is 11.6. The zero-order valence-corrected chi connectivity index (χ0v) is 25.2. The number of nitrogens with zero attached hydrogens (tertiary/aromatic N) is 4. The molecular weight excluding hydrogens is 573 g/mol. The Kier molecular flexibility index (Phi) is 4.40. The third-order valence-electron chi connectivity index (χ3n) is 10.1. The summed E-state index contributed by atoms with van der Waals surface area (Å²) in [5, 5.41) is 6.31. The van der Waals surface area contributed by atoms with Crippen molar-refractivity contribution in [2.45, 2.75) is 10.9 Å². The topological polar surface area (TPSA) is 24.3 Å². The van der Waals surface area contributed by atoms with E-state index in [0.29, 0.717) is 0 Å². The van der Waals surface area contributed by atoms with Crippen LogP contribution in [-0.2, 0) is 5.54 Å². The number of anilines is 1. The predicted molar refractivity (Wildman–Crippen MR) is 180 cm³/mol. The van der Waals surface area contributed by atoms with Crippen molar-refractivity contribution in [1.82, 2.24) is 4.57 Å². The third kappa shape index (κ3) is 2.74. The van der Waals surface area contributed by atoms with Gasteiger partial charge in [-0.1, -0.05) is 66.7 Å². The number of fused-ring (bicyclic) bond motifs is 6. The predicted octanol–water partition coefficient (Wildman–Crippen LogP) is 7.85. The molecule has 5 nitrogen and oxygen atoms in total. The van der Waals surface area contributed by atoms with Gasteiger partial charge in [-0.05, 0) is 83.6 Å². The van der Waals surface area contributed by atoms with Crippen LogP contribution in [0, 0.1) is 0 Å². The number of hydrazone groups is 1. The summed E-state index contributed by atoms with van der Waals surface area (Å²) in [6.07, 6.45) is 2.29. The molecule has 1 spiro atoms. The molecule has 0 amide bonds. The molecule has 45 heavy (non-hydrogen) atoms. The number of para-hydroxylation sites is 1. The number of aromatic nitrogens is 2. The summed E-state index contributed by atoms with van der Waals surface area (Å²) in [6.45, 7) is 0. The summed E-state index contributed by atoms with van der Waals surface area (Å²) in [6, 6.07) is 46.0. The van der Waals surface area contributed by atoms with Gasteiger partial charge in [-0.25, -0.2) is 4.57 Å². The van der Waals surface area contributed by atoms with Gasteiger partial charge in [0.2, 0.25) is 5.54 Å². The van der Waals surface area contributed by atoms with E-state index in [4.69, 9.17) is 4.74 Å². The highest BCUT2D eigenvalue weighted by Gasteiger charge is 2.71. The van der Waals surface area contributed by atoms with E-state index in [2.05, 4.69) is 159 Å². The molecule has 0 radical (unpaired) electrons. The number of ether oxygens (including phenoxy) is 1. The molecule has 11 rings (SSSR count). The van der Waals surface area contributed by atoms with Crippen molar-refractivity contribution in [3.63, 3.8) is 0 Å². The second-order valence-electron chi connectivity index (χ2n) is 12.2. The summed E-state index contributed by atoms with van der Waals surface area (Å²) in [4.78, 5) is 0. The lowest BCUT2D eigenvalue weighted by Crippen LogP contribution is -2.66. The molecule has 0 aliphatic carbocycles. The van der Waals surface area contributed by atoms with Gasteiger partial charge in [0, 0.05) is 5.39 Å². The second kappa shape index (κ2) is 8.23. The van der Waals surface area contributed by atoms with Gasteiger partial charge in [0.25, 0.3) is 10.7 Å². The second-order valence-corrected chi connectivity index (χ2v) is 13.3. The van der Waals surface area contributed by atoms with Gasteiger partial charge in [0.1, 0.15) is 28.4 Å². The molecule has 4 aliphatic rings. The van der Waals surface area contributed by atoms with Crippen LogP contribution in [0.15, 0.2) is 134 Å². The van der Waals surface area contributed by atoms with Crippen LogP contribution in [0.25, 0.3) is 38.8 Å². The Bertz CT molecular complexity index is 2460. The Morgan fingerprint density at radius 2 is 1.31 bits per heavy atom. The standard InChI is InChI=1S/C39H26N4OS/c1-40-37(26-21-19-25(20-22-26)24-10-3-2-4-11-24)45-38-39-34-30(15-7-17-32(34)44-33-18-8-16-31(35(33)39)43(38)40)42-29-14-6-5-12-27(29)28-13-9-23-41(39)36(28)42/h2-23,38H,1H3/q+2. The summed E-state index contributed by atoms with van der Waals surface area (Å²) in [5.74, 6) is 1.86. The maximum Gasteiger partial charge on any atom is 0.296 e. The van der Waals surface area contributed by atoms with Crippen molar-refractivity contribution in [1.29, 1.82) is 0 Å². The molecule has 2 atom stereocenters. The minimum Gasteiger partial charge on any atom is -0.456 e. The maximum atomic E-state index is 6.79. The lowest BCUT2D eigenvalue weighted by atomic mass is 9.78. The highest BCUT2D eigenvalue weighted by Crippen LogP contribution is 2.63. The molecule has 6 heterocycles. The fourth-order valence-corrected chi connectivity index (χ4v) is 10.0. The first-order chi connectivity index (χ1) is 22.2. The summed E-state index contributed by atoms with van der Waals surface area (Å²) in [7, 11) is 2.21. The van der Waals surface area contributed by atoms with Crippen LogP contribution in [0.4, 0.5) is 5.69 Å². The van der Waals surface area contributed by atoms with Gasteiger partial charge in [-0.15, -0.1) is 9.69 Å². The van der Waals surface area contributed by atoms with E-state index in [9.17, 15) is 0 Å². The van der Waals surface area contributed by atoms with Gasteiger partial charge in [0.05, 0.1) is 28.3 Å². The first-order valence-electron chi connectivity index (χ1n) is 15.4. The van der Waals surface area contributed by atoms with E-state index in [1.54, 1.807) is 0 Å². The lowest BCUT2D eigenvalue weighted by molar-refractivity contribution is -0.725. The van der Waals surface area contributed by atoms with Gasteiger partial charge < -0.3 is 4.74 Å². The summed E-state index contributed by atoms with van der Waals surface area (Å²) >= 11 is 1.95. The lowest BCUT2D eigenvalue weighted by Gasteiger charge is -2.39. The molecule has 0 fully saturated rings. The number of thioether (sulfide) groups is 1. The Balaban J connectivity index is 1.20. The van der Waals surface area contributed by atoms with E-state index in [-0.39, 0.29) is 5.37 Å². The zero-order valence-electron chi connectivity index (χ0n) is 24.4. The molecule has 0 bridgehead atoms. The number of benzene rings is 5. The minimum atomic E-state index is -0.509. The van der Waals surface area contributed by atoms with E-state index in [1.165, 1.54) is 66.2 Å². The fraction of sp³-hybridized carbons (Fsp3) is 0.0769. The first kappa shape index (κ1) is 24.0. The van der Waals surface area contributed by atoms with E-state index in [0.717, 1.165) is 11.5 Å². The van der Waals surface area contributed by atoms with Crippen LogP contribution in [-0.4, -0.2) is 26.7 Å². The molecule has 5 aromatic carbocycles. The normalized spacial score (nSPS) is 19.9. The average molecular weight is 599 g/mol. The number of hydrogen-bond acceptors (Lipinski definition) is 3. The first-order valence-corrected chi connectivity index (χ1v) is 16.2. The van der Waals surface area contributed by atoms with Crippen LogP contribution >= 0.6 is 11.8 Å². The van der Waals surface area contributed by atoms with Gasteiger partial charge in [-0.2, -0.15) is 4.57 Å². The quantitative estimate of drug-likeness (QED) is 0.190. The Hall–Kier alpha value is -5.33. The number of pyridine rings is 1. The molecular formula is C39H26N4OS+2. The highest BCUT2D eigenvalue weighted by molar-refractivity contribution is 8.15. The SMILES string of the molecule is C[N+]1=C(c2ccc(-c3ccccc3)cc2)SC2N1c1cccc3c1C21c2c(cccc2-n2c4ccccc4c4ccc[n+]1c42)O3. The molecule has 0 N–H and O–H groups in total. The summed E-state index contributed by atoms with van der Waals surface area (Å²) in [5.41, 5.74) is 10.5. The number of hydrazine groups is 1. The van der Waals surface area contributed by atoms with Crippen LogP contribution in [0.2, 0.25) is 0 Å². The van der Waals surface area contributed by atoms with Gasteiger partial charge in [0.15, 0.2) is 12.4 Å². The minimum absolute atomic E-state index is 0.0358. The fourth-order valence-electron chi connectivity index (χ4n) is 8.41. The van der Waals surface area contributed by atoms with Crippen molar-refractivity contribution in [3.05, 3.63) is 150 Å². The largest absolute Gasteiger partial charge is 0.456 e. The van der Waals surface area contributed by atoms with Crippen molar-refractivity contribution in [2.75, 3.05) is 12.1 Å². The van der Waals surface area contributed by atoms with E-state index in [1.807, 2.05) is 11.8 Å². The molecule has 7 aromatic rings. The average Bonchev–Trinajstić information content (AvgIpc) is 3.72.